The molecular weight excluding hydrogens is 212 g/mol. The Morgan fingerprint density at radius 2 is 1.87 bits per heavy atom. The van der Waals surface area contributed by atoms with E-state index in [0.29, 0.717) is 6.61 Å². The van der Waals surface area contributed by atoms with E-state index in [1.54, 1.807) is 7.11 Å². The van der Waals surface area contributed by atoms with Crippen LogP contribution < -0.4 is 0 Å². The van der Waals surface area contributed by atoms with Gasteiger partial charge in [0.15, 0.2) is 0 Å². The molecule has 0 fully saturated rings. The molecule has 15 heavy (non-hydrogen) atoms. The SMILES string of the molecule is CCC(C)(C)C(COC)(C(=O)Cl)C(C)C. The molecule has 0 rings (SSSR count). The van der Waals surface area contributed by atoms with Gasteiger partial charge in [-0.2, -0.15) is 0 Å². The number of rotatable bonds is 6. The number of carbonyl (C=O) groups excluding carboxylic acids is 1. The second-order valence-electron chi connectivity index (χ2n) is 5.07. The zero-order valence-electron chi connectivity index (χ0n) is 10.7. The van der Waals surface area contributed by atoms with Crippen LogP contribution in [0.2, 0.25) is 0 Å². The first-order valence-corrected chi connectivity index (χ1v) is 5.83. The van der Waals surface area contributed by atoms with E-state index < -0.39 is 5.41 Å². The van der Waals surface area contributed by atoms with Gasteiger partial charge in [0.1, 0.15) is 0 Å². The second-order valence-corrected chi connectivity index (χ2v) is 5.41. The van der Waals surface area contributed by atoms with Crippen molar-refractivity contribution in [3.05, 3.63) is 0 Å². The van der Waals surface area contributed by atoms with Crippen molar-refractivity contribution < 1.29 is 9.53 Å². The predicted octanol–water partition coefficient (Wildman–Crippen LogP) is 3.48. The monoisotopic (exact) mass is 234 g/mol. The van der Waals surface area contributed by atoms with Crippen molar-refractivity contribution in [1.29, 1.82) is 0 Å². The summed E-state index contributed by atoms with van der Waals surface area (Å²) >= 11 is 5.82. The molecular formula is C12H23ClO2. The molecule has 0 spiro atoms. The molecule has 0 N–H and O–H groups in total. The highest BCUT2D eigenvalue weighted by Crippen LogP contribution is 2.49. The standard InChI is InChI=1S/C12H23ClO2/c1-7-11(4,5)12(8-15-6,9(2)3)10(13)14/h9H,7-8H2,1-6H3. The maximum absolute atomic E-state index is 11.8. The van der Waals surface area contributed by atoms with Crippen molar-refractivity contribution in [1.82, 2.24) is 0 Å². The van der Waals surface area contributed by atoms with Crippen LogP contribution in [-0.2, 0) is 9.53 Å². The highest BCUT2D eigenvalue weighted by atomic mass is 35.5. The van der Waals surface area contributed by atoms with Crippen molar-refractivity contribution >= 4 is 16.8 Å². The van der Waals surface area contributed by atoms with Crippen molar-refractivity contribution in [3.8, 4) is 0 Å². The van der Waals surface area contributed by atoms with Crippen LogP contribution in [0, 0.1) is 16.7 Å². The van der Waals surface area contributed by atoms with Gasteiger partial charge in [-0.1, -0.05) is 34.6 Å². The van der Waals surface area contributed by atoms with Crippen LogP contribution in [-0.4, -0.2) is 19.0 Å². The fourth-order valence-electron chi connectivity index (χ4n) is 2.24. The molecule has 0 saturated heterocycles. The van der Waals surface area contributed by atoms with Gasteiger partial charge < -0.3 is 4.74 Å². The van der Waals surface area contributed by atoms with E-state index in [-0.39, 0.29) is 16.6 Å². The van der Waals surface area contributed by atoms with Gasteiger partial charge >= 0.3 is 0 Å². The fourth-order valence-corrected chi connectivity index (χ4v) is 2.76. The molecule has 0 saturated carbocycles. The number of hydrogen-bond acceptors (Lipinski definition) is 2. The molecule has 0 bridgehead atoms. The topological polar surface area (TPSA) is 26.3 Å². The lowest BCUT2D eigenvalue weighted by Gasteiger charge is -2.46. The van der Waals surface area contributed by atoms with E-state index in [0.717, 1.165) is 6.42 Å². The van der Waals surface area contributed by atoms with Crippen LogP contribution in [0.4, 0.5) is 0 Å². The largest absolute Gasteiger partial charge is 0.384 e. The first-order valence-electron chi connectivity index (χ1n) is 5.45. The van der Waals surface area contributed by atoms with Crippen LogP contribution in [0.25, 0.3) is 0 Å². The van der Waals surface area contributed by atoms with Crippen molar-refractivity contribution in [2.45, 2.75) is 41.0 Å². The molecule has 0 heterocycles. The molecule has 0 aliphatic rings. The van der Waals surface area contributed by atoms with Gasteiger partial charge in [0.25, 0.3) is 0 Å². The minimum atomic E-state index is -0.599. The summed E-state index contributed by atoms with van der Waals surface area (Å²) in [5, 5.41) is -0.286. The third-order valence-electron chi connectivity index (χ3n) is 3.80. The summed E-state index contributed by atoms with van der Waals surface area (Å²) in [7, 11) is 1.61. The molecule has 0 aliphatic carbocycles. The molecule has 0 aliphatic heterocycles. The highest BCUT2D eigenvalue weighted by Gasteiger charge is 2.51. The van der Waals surface area contributed by atoms with Gasteiger partial charge in [0, 0.05) is 7.11 Å². The molecule has 0 amide bonds. The summed E-state index contributed by atoms with van der Waals surface area (Å²) in [6.45, 7) is 10.7. The number of hydrogen-bond donors (Lipinski definition) is 0. The van der Waals surface area contributed by atoms with Crippen LogP contribution in [0.15, 0.2) is 0 Å². The number of ether oxygens (including phenoxy) is 1. The first-order chi connectivity index (χ1) is 6.76. The van der Waals surface area contributed by atoms with Crippen molar-refractivity contribution in [3.63, 3.8) is 0 Å². The van der Waals surface area contributed by atoms with Gasteiger partial charge in [-0.3, -0.25) is 4.79 Å². The van der Waals surface area contributed by atoms with E-state index in [2.05, 4.69) is 20.8 Å². The first kappa shape index (κ1) is 14.9. The van der Waals surface area contributed by atoms with Crippen LogP contribution in [0.3, 0.4) is 0 Å². The molecule has 1 unspecified atom stereocenters. The molecule has 1 atom stereocenters. The Hall–Kier alpha value is -0.0800. The summed E-state index contributed by atoms with van der Waals surface area (Å²) in [6, 6.07) is 0. The lowest BCUT2D eigenvalue weighted by Crippen LogP contribution is -2.49. The lowest BCUT2D eigenvalue weighted by atomic mass is 9.59. The van der Waals surface area contributed by atoms with E-state index in [1.807, 2.05) is 13.8 Å². The summed E-state index contributed by atoms with van der Waals surface area (Å²) < 4.78 is 5.21. The van der Waals surface area contributed by atoms with Gasteiger partial charge in [-0.15, -0.1) is 0 Å². The molecule has 3 heteroatoms. The Kier molecular flexibility index (Phi) is 5.28. The third kappa shape index (κ3) is 2.54. The molecule has 2 nitrogen and oxygen atoms in total. The highest BCUT2D eigenvalue weighted by molar-refractivity contribution is 6.64. The average molecular weight is 235 g/mol. The van der Waals surface area contributed by atoms with Gasteiger partial charge in [0.2, 0.25) is 5.24 Å². The predicted molar refractivity (Wildman–Crippen MR) is 64.1 cm³/mol. The maximum Gasteiger partial charge on any atom is 0.230 e. The second kappa shape index (κ2) is 5.31. The number of methoxy groups -OCH3 is 1. The number of carbonyl (C=O) groups is 1. The summed E-state index contributed by atoms with van der Waals surface area (Å²) in [5.41, 5.74) is -0.756. The Morgan fingerprint density at radius 3 is 2.07 bits per heavy atom. The van der Waals surface area contributed by atoms with Gasteiger partial charge in [-0.25, -0.2) is 0 Å². The Balaban J connectivity index is 5.41. The Morgan fingerprint density at radius 1 is 1.40 bits per heavy atom. The summed E-state index contributed by atoms with van der Waals surface area (Å²) in [4.78, 5) is 11.8. The van der Waals surface area contributed by atoms with E-state index in [4.69, 9.17) is 16.3 Å². The van der Waals surface area contributed by atoms with Gasteiger partial charge in [0.05, 0.1) is 12.0 Å². The van der Waals surface area contributed by atoms with E-state index in [9.17, 15) is 4.79 Å². The fraction of sp³-hybridized carbons (Fsp3) is 0.917. The Labute approximate surface area is 98.3 Å². The normalized spacial score (nSPS) is 16.5. The van der Waals surface area contributed by atoms with E-state index in [1.165, 1.54) is 0 Å². The lowest BCUT2D eigenvalue weighted by molar-refractivity contribution is -0.138. The van der Waals surface area contributed by atoms with Crippen LogP contribution >= 0.6 is 11.6 Å². The summed E-state index contributed by atoms with van der Waals surface area (Å²) in [5.74, 6) is 0.164. The smallest absolute Gasteiger partial charge is 0.230 e. The minimum absolute atomic E-state index is 0.157. The Bertz CT molecular complexity index is 224. The quantitative estimate of drug-likeness (QED) is 0.658. The molecule has 0 aromatic heterocycles. The van der Waals surface area contributed by atoms with Crippen LogP contribution in [0.1, 0.15) is 41.0 Å². The van der Waals surface area contributed by atoms with Gasteiger partial charge in [-0.05, 0) is 29.4 Å². The zero-order chi connectivity index (χ0) is 12.3. The average Bonchev–Trinajstić information content (AvgIpc) is 2.12. The maximum atomic E-state index is 11.8. The third-order valence-corrected chi connectivity index (χ3v) is 4.14. The van der Waals surface area contributed by atoms with E-state index >= 15 is 0 Å². The van der Waals surface area contributed by atoms with Crippen LogP contribution in [0.5, 0.6) is 0 Å². The summed E-state index contributed by atoms with van der Waals surface area (Å²) in [6.07, 6.45) is 0.896. The number of halogens is 1. The minimum Gasteiger partial charge on any atom is -0.384 e. The molecule has 0 aromatic rings. The zero-order valence-corrected chi connectivity index (χ0v) is 11.4. The molecule has 90 valence electrons. The molecule has 0 aromatic carbocycles. The van der Waals surface area contributed by atoms with Crippen molar-refractivity contribution in [2.24, 2.45) is 16.7 Å². The van der Waals surface area contributed by atoms with Crippen molar-refractivity contribution in [2.75, 3.05) is 13.7 Å². The molecule has 0 radical (unpaired) electrons.